The molecule has 0 spiro atoms. The summed E-state index contributed by atoms with van der Waals surface area (Å²) in [5.74, 6) is 0.663. The van der Waals surface area contributed by atoms with E-state index < -0.39 is 0 Å². The summed E-state index contributed by atoms with van der Waals surface area (Å²) in [6.07, 6.45) is 3.42. The van der Waals surface area contributed by atoms with Crippen LogP contribution in [0.15, 0.2) is 41.3 Å². The molecular weight excluding hydrogens is 320 g/mol. The van der Waals surface area contributed by atoms with Crippen molar-refractivity contribution in [2.45, 2.75) is 0 Å². The van der Waals surface area contributed by atoms with Gasteiger partial charge in [-0.15, -0.1) is 5.10 Å². The predicted octanol–water partition coefficient (Wildman–Crippen LogP) is 2.44. The minimum atomic E-state index is 0.663. The van der Waals surface area contributed by atoms with Crippen LogP contribution in [-0.2, 0) is 7.05 Å². The Balaban J connectivity index is 2.04. The van der Waals surface area contributed by atoms with Crippen molar-refractivity contribution in [3.05, 3.63) is 41.3 Å². The normalized spacial score (nSPS) is 11.5. The zero-order chi connectivity index (χ0) is 13.7. The van der Waals surface area contributed by atoms with E-state index in [0.717, 1.165) is 26.7 Å². The predicted molar refractivity (Wildman–Crippen MR) is 78.2 cm³/mol. The molecule has 0 aliphatic heterocycles. The van der Waals surface area contributed by atoms with Crippen LogP contribution >= 0.6 is 15.9 Å². The van der Waals surface area contributed by atoms with Crippen molar-refractivity contribution in [1.82, 2.24) is 29.4 Å². The minimum Gasteiger partial charge on any atom is -0.250 e. The molecule has 3 heterocycles. The Morgan fingerprint density at radius 3 is 2.85 bits per heavy atom. The molecule has 98 valence electrons. The smallest absolute Gasteiger partial charge is 0.183 e. The third-order valence-corrected chi connectivity index (χ3v) is 3.88. The Bertz CT molecular complexity index is 938. The second-order valence-corrected chi connectivity index (χ2v) is 5.29. The van der Waals surface area contributed by atoms with E-state index in [4.69, 9.17) is 0 Å². The fourth-order valence-corrected chi connectivity index (χ4v) is 2.66. The molecule has 0 saturated carbocycles. The topological polar surface area (TPSA) is 60.9 Å². The number of nitrogens with zero attached hydrogens (tertiary/aromatic N) is 6. The number of aromatic nitrogens is 6. The second-order valence-electron chi connectivity index (χ2n) is 4.43. The molecule has 0 amide bonds. The molecule has 3 aromatic heterocycles. The van der Waals surface area contributed by atoms with Gasteiger partial charge in [-0.25, -0.2) is 14.5 Å². The van der Waals surface area contributed by atoms with Crippen LogP contribution in [-0.4, -0.2) is 29.4 Å². The van der Waals surface area contributed by atoms with Gasteiger partial charge in [-0.3, -0.25) is 4.68 Å². The van der Waals surface area contributed by atoms with Crippen molar-refractivity contribution in [3.63, 3.8) is 0 Å². The first-order chi connectivity index (χ1) is 9.74. The first kappa shape index (κ1) is 11.5. The summed E-state index contributed by atoms with van der Waals surface area (Å²) in [7, 11) is 1.86. The van der Waals surface area contributed by atoms with Gasteiger partial charge in [-0.1, -0.05) is 28.1 Å². The Kier molecular flexibility index (Phi) is 2.37. The van der Waals surface area contributed by atoms with Gasteiger partial charge in [0, 0.05) is 17.1 Å². The number of halogens is 1. The molecule has 0 aliphatic rings. The molecule has 1 aromatic carbocycles. The van der Waals surface area contributed by atoms with Crippen LogP contribution in [0.2, 0.25) is 0 Å². The van der Waals surface area contributed by atoms with Crippen molar-refractivity contribution in [2.75, 3.05) is 0 Å². The van der Waals surface area contributed by atoms with E-state index in [0.29, 0.717) is 5.82 Å². The molecule has 0 N–H and O–H groups in total. The standard InChI is InChI=1S/C13H9BrN6/c1-19-12-9(6-16-19)13-17-11(18-20(13)7-15-12)8-4-2-3-5-10(8)14/h2-7H,1H3. The number of rotatable bonds is 1. The van der Waals surface area contributed by atoms with Crippen LogP contribution in [0.1, 0.15) is 0 Å². The van der Waals surface area contributed by atoms with E-state index in [2.05, 4.69) is 36.1 Å². The fraction of sp³-hybridized carbons (Fsp3) is 0.0769. The Morgan fingerprint density at radius 1 is 1.15 bits per heavy atom. The second kappa shape index (κ2) is 4.11. The van der Waals surface area contributed by atoms with Crippen molar-refractivity contribution in [2.24, 2.45) is 7.05 Å². The van der Waals surface area contributed by atoms with Gasteiger partial charge in [0.2, 0.25) is 0 Å². The summed E-state index contributed by atoms with van der Waals surface area (Å²) in [6, 6.07) is 7.87. The van der Waals surface area contributed by atoms with Crippen LogP contribution in [0.5, 0.6) is 0 Å². The molecule has 0 unspecified atom stereocenters. The number of fused-ring (bicyclic) bond motifs is 3. The number of benzene rings is 1. The first-order valence-corrected chi connectivity index (χ1v) is 6.81. The van der Waals surface area contributed by atoms with E-state index >= 15 is 0 Å². The summed E-state index contributed by atoms with van der Waals surface area (Å²) in [4.78, 5) is 8.96. The largest absolute Gasteiger partial charge is 0.250 e. The van der Waals surface area contributed by atoms with Gasteiger partial charge >= 0.3 is 0 Å². The van der Waals surface area contributed by atoms with Crippen molar-refractivity contribution in [1.29, 1.82) is 0 Å². The third kappa shape index (κ3) is 1.56. The quantitative estimate of drug-likeness (QED) is 0.538. The average Bonchev–Trinajstić information content (AvgIpc) is 3.03. The highest BCUT2D eigenvalue weighted by Crippen LogP contribution is 2.26. The van der Waals surface area contributed by atoms with Crippen LogP contribution in [0.25, 0.3) is 28.1 Å². The molecule has 0 radical (unpaired) electrons. The molecule has 4 rings (SSSR count). The monoisotopic (exact) mass is 328 g/mol. The zero-order valence-corrected chi connectivity index (χ0v) is 12.1. The maximum Gasteiger partial charge on any atom is 0.183 e. The lowest BCUT2D eigenvalue weighted by atomic mass is 10.2. The minimum absolute atomic E-state index is 0.663. The lowest BCUT2D eigenvalue weighted by molar-refractivity contribution is 0.783. The van der Waals surface area contributed by atoms with Crippen LogP contribution in [0, 0.1) is 0 Å². The SMILES string of the molecule is Cn1ncc2c1ncn1nc(-c3ccccc3Br)nc21. The maximum atomic E-state index is 4.61. The van der Waals surface area contributed by atoms with Gasteiger partial charge in [0.15, 0.2) is 17.1 Å². The summed E-state index contributed by atoms with van der Waals surface area (Å²) in [6.45, 7) is 0. The molecule has 20 heavy (non-hydrogen) atoms. The van der Waals surface area contributed by atoms with Crippen LogP contribution in [0.4, 0.5) is 0 Å². The van der Waals surface area contributed by atoms with Gasteiger partial charge in [-0.05, 0) is 12.1 Å². The van der Waals surface area contributed by atoms with E-state index in [9.17, 15) is 0 Å². The lowest BCUT2D eigenvalue weighted by Crippen LogP contribution is -1.94. The van der Waals surface area contributed by atoms with E-state index in [1.807, 2.05) is 31.3 Å². The number of aryl methyl sites for hydroxylation is 1. The van der Waals surface area contributed by atoms with Gasteiger partial charge in [0.05, 0.1) is 11.6 Å². The molecular formula is C13H9BrN6. The Morgan fingerprint density at radius 2 is 2.00 bits per heavy atom. The average molecular weight is 329 g/mol. The highest BCUT2D eigenvalue weighted by Gasteiger charge is 2.13. The fourth-order valence-electron chi connectivity index (χ4n) is 2.20. The van der Waals surface area contributed by atoms with Crippen LogP contribution < -0.4 is 0 Å². The van der Waals surface area contributed by atoms with Gasteiger partial charge in [0.1, 0.15) is 6.33 Å². The summed E-state index contributed by atoms with van der Waals surface area (Å²) >= 11 is 3.52. The van der Waals surface area contributed by atoms with Crippen LogP contribution in [0.3, 0.4) is 0 Å². The molecule has 7 heteroatoms. The number of hydrogen-bond donors (Lipinski definition) is 0. The third-order valence-electron chi connectivity index (χ3n) is 3.18. The van der Waals surface area contributed by atoms with Crippen molar-refractivity contribution in [3.8, 4) is 11.4 Å². The molecule has 6 nitrogen and oxygen atoms in total. The molecule has 0 fully saturated rings. The van der Waals surface area contributed by atoms with Crippen molar-refractivity contribution < 1.29 is 0 Å². The molecule has 0 atom stereocenters. The molecule has 0 saturated heterocycles. The first-order valence-electron chi connectivity index (χ1n) is 6.02. The summed E-state index contributed by atoms with van der Waals surface area (Å²) in [5.41, 5.74) is 2.51. The number of hydrogen-bond acceptors (Lipinski definition) is 4. The lowest BCUT2D eigenvalue weighted by Gasteiger charge is -1.96. The Hall–Kier alpha value is -2.28. The van der Waals surface area contributed by atoms with E-state index in [1.165, 1.54) is 0 Å². The summed E-state index contributed by atoms with van der Waals surface area (Å²) < 4.78 is 4.37. The zero-order valence-electron chi connectivity index (χ0n) is 10.5. The highest BCUT2D eigenvalue weighted by molar-refractivity contribution is 9.10. The van der Waals surface area contributed by atoms with Gasteiger partial charge in [-0.2, -0.15) is 5.10 Å². The maximum absolute atomic E-state index is 4.61. The van der Waals surface area contributed by atoms with E-state index in [-0.39, 0.29) is 0 Å². The highest BCUT2D eigenvalue weighted by atomic mass is 79.9. The molecule has 4 aromatic rings. The van der Waals surface area contributed by atoms with Crippen molar-refractivity contribution >= 4 is 32.6 Å². The summed E-state index contributed by atoms with van der Waals surface area (Å²) in [5, 5.41) is 9.58. The van der Waals surface area contributed by atoms with E-state index in [1.54, 1.807) is 21.7 Å². The molecule has 0 aliphatic carbocycles. The van der Waals surface area contributed by atoms with Gasteiger partial charge < -0.3 is 0 Å². The van der Waals surface area contributed by atoms with Gasteiger partial charge in [0.25, 0.3) is 0 Å². The Labute approximate surface area is 122 Å². The molecule has 0 bridgehead atoms.